The Balaban J connectivity index is 2.86. The summed E-state index contributed by atoms with van der Waals surface area (Å²) in [7, 11) is 0. The van der Waals surface area contributed by atoms with Gasteiger partial charge in [0.15, 0.2) is 0 Å². The molecule has 2 nitrogen and oxygen atoms in total. The van der Waals surface area contributed by atoms with Crippen LogP contribution in [0.25, 0.3) is 0 Å². The third-order valence-electron chi connectivity index (χ3n) is 2.22. The molecule has 0 aliphatic heterocycles. The average molecular weight is 447 g/mol. The van der Waals surface area contributed by atoms with Crippen molar-refractivity contribution in [2.75, 3.05) is 6.61 Å². The summed E-state index contributed by atoms with van der Waals surface area (Å²) >= 11 is 4.53. The first-order chi connectivity index (χ1) is 9.06. The lowest BCUT2D eigenvalue weighted by atomic mass is 10.2. The Bertz CT molecular complexity index is 448. The predicted octanol–water partition coefficient (Wildman–Crippen LogP) is 5.64. The predicted molar refractivity (Wildman–Crippen MR) is 83.4 cm³/mol. The van der Waals surface area contributed by atoms with Crippen LogP contribution in [0, 0.1) is 0 Å². The maximum absolute atomic E-state index is 13.1. The van der Waals surface area contributed by atoms with Crippen molar-refractivity contribution in [3.63, 3.8) is 0 Å². The quantitative estimate of drug-likeness (QED) is 0.233. The summed E-state index contributed by atoms with van der Waals surface area (Å²) in [6.45, 7) is 2.65. The van der Waals surface area contributed by atoms with E-state index >= 15 is 0 Å². The topological polar surface area (TPSA) is 18.5 Å². The molecule has 6 heteroatoms. The molecular weight excluding hydrogens is 433 g/mol. The van der Waals surface area contributed by atoms with Crippen LogP contribution < -0.4 is 9.47 Å². The minimum atomic E-state index is -1.24. The Labute approximate surface area is 133 Å². The van der Waals surface area contributed by atoms with Crippen LogP contribution >= 0.6 is 38.5 Å². The van der Waals surface area contributed by atoms with E-state index in [1.807, 2.05) is 6.07 Å². The molecule has 19 heavy (non-hydrogen) atoms. The van der Waals surface area contributed by atoms with E-state index in [1.165, 1.54) is 22.6 Å². The molecule has 1 aromatic carbocycles. The molecule has 0 aromatic heterocycles. The molecule has 0 N–H and O–H groups in total. The third-order valence-corrected chi connectivity index (χ3v) is 3.29. The van der Waals surface area contributed by atoms with E-state index < -0.39 is 9.85 Å². The molecule has 0 heterocycles. The first kappa shape index (κ1) is 16.7. The van der Waals surface area contributed by atoms with E-state index in [2.05, 4.69) is 22.9 Å². The van der Waals surface area contributed by atoms with Crippen LogP contribution in [-0.4, -0.2) is 6.61 Å². The zero-order valence-electron chi connectivity index (χ0n) is 10.4. The number of ether oxygens (including phenoxy) is 2. The maximum Gasteiger partial charge on any atom is 0.321 e. The van der Waals surface area contributed by atoms with E-state index in [-0.39, 0.29) is 5.75 Å². The lowest BCUT2D eigenvalue weighted by molar-refractivity contribution is 0.281. The number of alkyl halides is 1. The first-order valence-electron chi connectivity index (χ1n) is 5.78. The summed E-state index contributed by atoms with van der Waals surface area (Å²) in [5, 5.41) is 0.576. The van der Waals surface area contributed by atoms with Gasteiger partial charge in [0, 0.05) is 11.4 Å². The second-order valence-electron chi connectivity index (χ2n) is 3.78. The van der Waals surface area contributed by atoms with Gasteiger partial charge in [-0.15, -0.1) is 0 Å². The average Bonchev–Trinajstić information content (AvgIpc) is 2.38. The van der Waals surface area contributed by atoms with Gasteiger partial charge in [-0.3, -0.25) is 0 Å². The van der Waals surface area contributed by atoms with Crippen LogP contribution in [0.2, 0.25) is 0 Å². The standard InChI is InChI=1S/C13H14BrF2IO2/c1-2-3-4-18-10-5-9(8-14)6-11(7-10)19-13(16)12(15)17/h5-7H,2-4,8H2,1H3/b13-12-. The zero-order chi connectivity index (χ0) is 14.3. The van der Waals surface area contributed by atoms with Crippen molar-refractivity contribution >= 4 is 38.5 Å². The number of benzene rings is 1. The van der Waals surface area contributed by atoms with Crippen molar-refractivity contribution in [3.05, 3.63) is 33.6 Å². The van der Waals surface area contributed by atoms with Gasteiger partial charge >= 0.3 is 6.01 Å². The summed E-state index contributed by atoms with van der Waals surface area (Å²) in [5.74, 6) is 0.801. The monoisotopic (exact) mass is 446 g/mol. The van der Waals surface area contributed by atoms with Crippen molar-refractivity contribution in [1.29, 1.82) is 0 Å². The van der Waals surface area contributed by atoms with Crippen LogP contribution in [0.15, 0.2) is 28.0 Å². The fourth-order valence-electron chi connectivity index (χ4n) is 1.33. The van der Waals surface area contributed by atoms with Gasteiger partial charge in [0.25, 0.3) is 0 Å². The molecule has 0 aliphatic carbocycles. The minimum Gasteiger partial charge on any atom is -0.493 e. The molecule has 0 atom stereocenters. The highest BCUT2D eigenvalue weighted by atomic mass is 127. The normalized spacial score (nSPS) is 12.1. The minimum absolute atomic E-state index is 0.216. The molecule has 0 spiro atoms. The highest BCUT2D eigenvalue weighted by Crippen LogP contribution is 2.28. The van der Waals surface area contributed by atoms with E-state index in [4.69, 9.17) is 9.47 Å². The summed E-state index contributed by atoms with van der Waals surface area (Å²) in [5.41, 5.74) is 0.866. The smallest absolute Gasteiger partial charge is 0.321 e. The molecule has 0 bridgehead atoms. The van der Waals surface area contributed by atoms with Crippen LogP contribution in [0.3, 0.4) is 0 Å². The molecule has 0 radical (unpaired) electrons. The number of hydrogen-bond acceptors (Lipinski definition) is 2. The summed E-state index contributed by atoms with van der Waals surface area (Å²) < 4.78 is 35.1. The molecule has 1 aromatic rings. The van der Waals surface area contributed by atoms with Gasteiger partial charge in [-0.05, 0) is 46.7 Å². The van der Waals surface area contributed by atoms with Gasteiger partial charge in [-0.25, -0.2) is 0 Å². The lowest BCUT2D eigenvalue weighted by Crippen LogP contribution is -1.98. The highest BCUT2D eigenvalue weighted by Gasteiger charge is 2.08. The fraction of sp³-hybridized carbons (Fsp3) is 0.385. The summed E-state index contributed by atoms with van der Waals surface area (Å²) in [4.78, 5) is 0. The SMILES string of the molecule is CCCCOc1cc(CBr)cc(O/C(F)=C(/F)I)c1. The fourth-order valence-corrected chi connectivity index (χ4v) is 1.76. The zero-order valence-corrected chi connectivity index (χ0v) is 14.1. The van der Waals surface area contributed by atoms with Gasteiger partial charge in [-0.1, -0.05) is 29.3 Å². The molecule has 0 aliphatic rings. The van der Waals surface area contributed by atoms with Gasteiger partial charge in [0.1, 0.15) is 11.5 Å². The molecule has 106 valence electrons. The van der Waals surface area contributed by atoms with Crippen molar-refractivity contribution in [3.8, 4) is 11.5 Å². The van der Waals surface area contributed by atoms with Crippen molar-refractivity contribution in [2.24, 2.45) is 0 Å². The Morgan fingerprint density at radius 3 is 2.53 bits per heavy atom. The van der Waals surface area contributed by atoms with Crippen LogP contribution in [0.5, 0.6) is 11.5 Å². The second kappa shape index (κ2) is 8.73. The van der Waals surface area contributed by atoms with Crippen LogP contribution in [0.4, 0.5) is 8.78 Å². The molecule has 0 saturated heterocycles. The highest BCUT2D eigenvalue weighted by molar-refractivity contribution is 14.1. The van der Waals surface area contributed by atoms with Crippen molar-refractivity contribution in [2.45, 2.75) is 25.1 Å². The van der Waals surface area contributed by atoms with E-state index in [0.29, 0.717) is 17.7 Å². The third kappa shape index (κ3) is 6.07. The Morgan fingerprint density at radius 2 is 1.95 bits per heavy atom. The van der Waals surface area contributed by atoms with Gasteiger partial charge in [0.2, 0.25) is 3.83 Å². The van der Waals surface area contributed by atoms with Crippen LogP contribution in [0.1, 0.15) is 25.3 Å². The van der Waals surface area contributed by atoms with Crippen molar-refractivity contribution in [1.82, 2.24) is 0 Å². The maximum atomic E-state index is 13.1. The van der Waals surface area contributed by atoms with E-state index in [9.17, 15) is 8.78 Å². The van der Waals surface area contributed by atoms with Crippen molar-refractivity contribution < 1.29 is 18.3 Å². The number of halogens is 4. The molecule has 0 fully saturated rings. The molecular formula is C13H14BrF2IO2. The van der Waals surface area contributed by atoms with E-state index in [1.54, 1.807) is 12.1 Å². The Kier molecular flexibility index (Phi) is 7.67. The second-order valence-corrected chi connectivity index (χ2v) is 5.29. The largest absolute Gasteiger partial charge is 0.493 e. The van der Waals surface area contributed by atoms with Gasteiger partial charge < -0.3 is 9.47 Å². The van der Waals surface area contributed by atoms with Gasteiger partial charge in [0.05, 0.1) is 6.61 Å². The van der Waals surface area contributed by atoms with E-state index in [0.717, 1.165) is 18.4 Å². The molecule has 0 unspecified atom stereocenters. The molecule has 0 saturated carbocycles. The lowest BCUT2D eigenvalue weighted by Gasteiger charge is -2.10. The van der Waals surface area contributed by atoms with Crippen LogP contribution in [-0.2, 0) is 5.33 Å². The number of hydrogen-bond donors (Lipinski definition) is 0. The number of unbranched alkanes of at least 4 members (excludes halogenated alkanes) is 1. The first-order valence-corrected chi connectivity index (χ1v) is 7.98. The summed E-state index contributed by atoms with van der Waals surface area (Å²) in [6.07, 6.45) is 1.96. The molecule has 0 amide bonds. The summed E-state index contributed by atoms with van der Waals surface area (Å²) in [6, 6.07) is 3.76. The Hall–Kier alpha value is -0.370. The molecule has 1 rings (SSSR count). The Morgan fingerprint density at radius 1 is 1.26 bits per heavy atom. The van der Waals surface area contributed by atoms with Gasteiger partial charge in [-0.2, -0.15) is 8.78 Å². The number of rotatable bonds is 7.